The maximum absolute atomic E-state index is 10.9. The van der Waals surface area contributed by atoms with E-state index in [9.17, 15) is 9.59 Å². The van der Waals surface area contributed by atoms with Crippen molar-refractivity contribution in [2.24, 2.45) is 0 Å². The van der Waals surface area contributed by atoms with Crippen LogP contribution >= 0.6 is 11.3 Å². The van der Waals surface area contributed by atoms with E-state index in [4.69, 9.17) is 9.84 Å². The van der Waals surface area contributed by atoms with Gasteiger partial charge < -0.3 is 14.7 Å². The van der Waals surface area contributed by atoms with E-state index < -0.39 is 5.97 Å². The Bertz CT molecular complexity index is 462. The third kappa shape index (κ3) is 3.60. The van der Waals surface area contributed by atoms with Crippen molar-refractivity contribution < 1.29 is 19.4 Å². The maximum Gasteiger partial charge on any atom is 0.349 e. The van der Waals surface area contributed by atoms with Crippen molar-refractivity contribution in [1.29, 1.82) is 0 Å². The molecule has 0 aliphatic carbocycles. The molecule has 0 aromatic carbocycles. The molecule has 17 heavy (non-hydrogen) atoms. The van der Waals surface area contributed by atoms with Crippen LogP contribution in [0.2, 0.25) is 0 Å². The summed E-state index contributed by atoms with van der Waals surface area (Å²) in [7, 11) is 3.48. The second kappa shape index (κ2) is 5.49. The van der Waals surface area contributed by atoms with E-state index in [0.29, 0.717) is 6.29 Å². The van der Waals surface area contributed by atoms with Gasteiger partial charge in [0.05, 0.1) is 0 Å². The third-order valence-electron chi connectivity index (χ3n) is 1.74. The highest BCUT2D eigenvalue weighted by Gasteiger charge is 2.16. The van der Waals surface area contributed by atoms with Crippen LogP contribution in [0, 0.1) is 6.92 Å². The summed E-state index contributed by atoms with van der Waals surface area (Å²) in [6.45, 7) is 1.78. The predicted molar refractivity (Wildman–Crippen MR) is 64.5 cm³/mol. The highest BCUT2D eigenvalue weighted by atomic mass is 32.1. The van der Waals surface area contributed by atoms with E-state index in [1.807, 2.05) is 0 Å². The summed E-state index contributed by atoms with van der Waals surface area (Å²) < 4.78 is 5.27. The number of carboxylic acids is 1. The lowest BCUT2D eigenvalue weighted by atomic mass is 10.4. The standard InChI is InChI=1S/C11H13NO4S/c1-7-4-9(10(17-7)11(14)15)16-8(6-13)5-12(2)3/h4-6H,1-3H3,(H,14,15)/b8-5+. The number of hydrogen-bond donors (Lipinski definition) is 1. The molecule has 1 heterocycles. The Hall–Kier alpha value is -1.82. The first-order chi connectivity index (χ1) is 7.93. The zero-order valence-corrected chi connectivity index (χ0v) is 10.6. The van der Waals surface area contributed by atoms with Crippen LogP contribution in [-0.2, 0) is 4.79 Å². The van der Waals surface area contributed by atoms with Gasteiger partial charge in [-0.1, -0.05) is 0 Å². The van der Waals surface area contributed by atoms with Gasteiger partial charge in [-0.25, -0.2) is 4.79 Å². The molecule has 0 saturated heterocycles. The van der Waals surface area contributed by atoms with Crippen LogP contribution in [0.4, 0.5) is 0 Å². The van der Waals surface area contributed by atoms with E-state index in [0.717, 1.165) is 16.2 Å². The molecule has 1 aromatic heterocycles. The molecule has 5 nitrogen and oxygen atoms in total. The van der Waals surface area contributed by atoms with Gasteiger partial charge in [-0.3, -0.25) is 4.79 Å². The molecular formula is C11H13NO4S. The minimum absolute atomic E-state index is 0.0651. The molecule has 0 atom stereocenters. The van der Waals surface area contributed by atoms with Crippen LogP contribution in [-0.4, -0.2) is 36.4 Å². The Balaban J connectivity index is 3.01. The van der Waals surface area contributed by atoms with Gasteiger partial charge in [-0.05, 0) is 13.0 Å². The molecule has 1 rings (SSSR count). The first-order valence-electron chi connectivity index (χ1n) is 4.79. The van der Waals surface area contributed by atoms with E-state index in [1.165, 1.54) is 6.20 Å². The molecule has 0 amide bonds. The van der Waals surface area contributed by atoms with E-state index in [-0.39, 0.29) is 16.4 Å². The van der Waals surface area contributed by atoms with Gasteiger partial charge in [0.2, 0.25) is 0 Å². The topological polar surface area (TPSA) is 66.8 Å². The van der Waals surface area contributed by atoms with Crippen LogP contribution in [0.25, 0.3) is 0 Å². The molecule has 0 aliphatic heterocycles. The zero-order valence-electron chi connectivity index (χ0n) is 9.76. The maximum atomic E-state index is 10.9. The lowest BCUT2D eigenvalue weighted by molar-refractivity contribution is -0.106. The van der Waals surface area contributed by atoms with Gasteiger partial charge in [0.1, 0.15) is 0 Å². The molecule has 0 spiro atoms. The van der Waals surface area contributed by atoms with Gasteiger partial charge in [0.15, 0.2) is 22.7 Å². The number of allylic oxidation sites excluding steroid dienone is 1. The number of ether oxygens (including phenoxy) is 1. The highest BCUT2D eigenvalue weighted by Crippen LogP contribution is 2.29. The second-order valence-corrected chi connectivity index (χ2v) is 4.83. The number of rotatable bonds is 5. The van der Waals surface area contributed by atoms with Crippen LogP contribution in [0.5, 0.6) is 5.75 Å². The summed E-state index contributed by atoms with van der Waals surface area (Å²) in [6.07, 6.45) is 2.02. The number of carbonyl (C=O) groups is 2. The van der Waals surface area contributed by atoms with Crippen molar-refractivity contribution in [3.05, 3.63) is 27.8 Å². The molecule has 0 saturated carbocycles. The minimum atomic E-state index is -1.06. The van der Waals surface area contributed by atoms with Crippen molar-refractivity contribution >= 4 is 23.6 Å². The summed E-state index contributed by atoms with van der Waals surface area (Å²) in [5, 5.41) is 8.96. The van der Waals surface area contributed by atoms with Crippen LogP contribution in [0.15, 0.2) is 18.0 Å². The molecule has 0 unspecified atom stereocenters. The fourth-order valence-electron chi connectivity index (χ4n) is 1.18. The van der Waals surface area contributed by atoms with Crippen LogP contribution in [0.3, 0.4) is 0 Å². The quantitative estimate of drug-likeness (QED) is 0.493. The normalized spacial score (nSPS) is 11.1. The number of carboxylic acid groups (broad SMARTS) is 1. The largest absolute Gasteiger partial charge is 0.477 e. The summed E-state index contributed by atoms with van der Waals surface area (Å²) in [4.78, 5) is 24.3. The number of nitrogens with zero attached hydrogens (tertiary/aromatic N) is 1. The first kappa shape index (κ1) is 13.2. The molecular weight excluding hydrogens is 242 g/mol. The predicted octanol–water partition coefficient (Wildman–Crippen LogP) is 1.74. The zero-order chi connectivity index (χ0) is 13.0. The average molecular weight is 255 g/mol. The molecule has 0 aliphatic rings. The Morgan fingerprint density at radius 1 is 1.53 bits per heavy atom. The summed E-state index contributed by atoms with van der Waals surface area (Å²) in [6, 6.07) is 1.60. The Morgan fingerprint density at radius 2 is 2.18 bits per heavy atom. The van der Waals surface area contributed by atoms with E-state index >= 15 is 0 Å². The van der Waals surface area contributed by atoms with Crippen molar-refractivity contribution in [3.8, 4) is 5.75 Å². The molecule has 92 valence electrons. The molecule has 0 radical (unpaired) electrons. The lowest BCUT2D eigenvalue weighted by Crippen LogP contribution is -2.08. The molecule has 0 bridgehead atoms. The smallest absolute Gasteiger partial charge is 0.349 e. The number of carbonyl (C=O) groups excluding carboxylic acids is 1. The van der Waals surface area contributed by atoms with Gasteiger partial charge in [-0.15, -0.1) is 11.3 Å². The monoisotopic (exact) mass is 255 g/mol. The number of aldehydes is 1. The van der Waals surface area contributed by atoms with Crippen molar-refractivity contribution in [1.82, 2.24) is 4.90 Å². The Kier molecular flexibility index (Phi) is 4.28. The number of aryl methyl sites for hydroxylation is 1. The Morgan fingerprint density at radius 3 is 2.65 bits per heavy atom. The number of aromatic carboxylic acids is 1. The molecule has 1 N–H and O–H groups in total. The van der Waals surface area contributed by atoms with Crippen LogP contribution < -0.4 is 4.74 Å². The van der Waals surface area contributed by atoms with Crippen molar-refractivity contribution in [2.75, 3.05) is 14.1 Å². The Labute approximate surface area is 103 Å². The summed E-state index contributed by atoms with van der Waals surface area (Å²) in [5.74, 6) is -0.802. The molecule has 0 fully saturated rings. The van der Waals surface area contributed by atoms with Crippen molar-refractivity contribution in [2.45, 2.75) is 6.92 Å². The van der Waals surface area contributed by atoms with Gasteiger partial charge >= 0.3 is 5.97 Å². The van der Waals surface area contributed by atoms with Gasteiger partial charge in [0.25, 0.3) is 0 Å². The van der Waals surface area contributed by atoms with Gasteiger partial charge in [-0.2, -0.15) is 0 Å². The van der Waals surface area contributed by atoms with E-state index in [2.05, 4.69) is 0 Å². The SMILES string of the molecule is Cc1cc(O/C(C=O)=C/N(C)C)c(C(=O)O)s1. The first-order valence-corrected chi connectivity index (χ1v) is 5.60. The fraction of sp³-hybridized carbons (Fsp3) is 0.273. The lowest BCUT2D eigenvalue weighted by Gasteiger charge is -2.08. The average Bonchev–Trinajstić information content (AvgIpc) is 2.58. The van der Waals surface area contributed by atoms with Crippen molar-refractivity contribution in [3.63, 3.8) is 0 Å². The summed E-state index contributed by atoms with van der Waals surface area (Å²) in [5.41, 5.74) is 0. The highest BCUT2D eigenvalue weighted by molar-refractivity contribution is 7.14. The van der Waals surface area contributed by atoms with E-state index in [1.54, 1.807) is 32.0 Å². The van der Waals surface area contributed by atoms with Gasteiger partial charge in [0, 0.05) is 25.2 Å². The third-order valence-corrected chi connectivity index (χ3v) is 2.76. The number of thiophene rings is 1. The summed E-state index contributed by atoms with van der Waals surface area (Å²) >= 11 is 1.11. The van der Waals surface area contributed by atoms with Crippen LogP contribution in [0.1, 0.15) is 14.5 Å². The molecule has 1 aromatic rings. The second-order valence-electron chi connectivity index (χ2n) is 3.57. The minimum Gasteiger partial charge on any atom is -0.477 e. The fourth-order valence-corrected chi connectivity index (χ4v) is 1.95. The molecule has 6 heteroatoms. The number of hydrogen-bond acceptors (Lipinski definition) is 5.